The zero-order chi connectivity index (χ0) is 17.5. The van der Waals surface area contributed by atoms with Crippen LogP contribution in [0.3, 0.4) is 0 Å². The number of esters is 1. The fourth-order valence-electron chi connectivity index (χ4n) is 2.51. The number of non-ortho nitro benzene ring substituents is 1. The number of carbonyl (C=O) groups is 2. The lowest BCUT2D eigenvalue weighted by Crippen LogP contribution is -2.42. The van der Waals surface area contributed by atoms with Crippen molar-refractivity contribution in [2.45, 2.75) is 32.3 Å². The van der Waals surface area contributed by atoms with E-state index < -0.39 is 17.0 Å². The van der Waals surface area contributed by atoms with Gasteiger partial charge in [-0.2, -0.15) is 0 Å². The summed E-state index contributed by atoms with van der Waals surface area (Å²) in [5.41, 5.74) is 0.614. The van der Waals surface area contributed by atoms with Crippen LogP contribution in [0.15, 0.2) is 30.3 Å². The minimum atomic E-state index is -0.822. The van der Waals surface area contributed by atoms with E-state index >= 15 is 0 Å². The van der Waals surface area contributed by atoms with E-state index in [-0.39, 0.29) is 11.6 Å². The van der Waals surface area contributed by atoms with E-state index in [1.807, 2.05) is 0 Å². The molecule has 1 aromatic rings. The lowest BCUT2D eigenvalue weighted by Gasteiger charge is -2.28. The second-order valence-electron chi connectivity index (χ2n) is 5.65. The minimum Gasteiger partial charge on any atom is -0.449 e. The zero-order valence-corrected chi connectivity index (χ0v) is 13.5. The highest BCUT2D eigenvalue weighted by molar-refractivity contribution is 5.90. The fourth-order valence-corrected chi connectivity index (χ4v) is 2.51. The summed E-state index contributed by atoms with van der Waals surface area (Å²) < 4.78 is 5.12. The third-order valence-electron chi connectivity index (χ3n) is 3.82. The molecule has 0 radical (unpaired) electrons. The van der Waals surface area contributed by atoms with E-state index in [2.05, 4.69) is 0 Å². The molecule has 1 aliphatic heterocycles. The standard InChI is InChI=1S/C17H20N2O5/c1-13(17(21)18-11-3-2-4-12-18)24-16(20)10-7-14-5-8-15(9-6-14)19(22)23/h5-10,13H,2-4,11-12H2,1H3/b10-7+/t13-/m0/s1. The van der Waals surface area contributed by atoms with Crippen LogP contribution in [0.5, 0.6) is 0 Å². The van der Waals surface area contributed by atoms with Gasteiger partial charge in [0.15, 0.2) is 6.10 Å². The summed E-state index contributed by atoms with van der Waals surface area (Å²) >= 11 is 0. The average Bonchev–Trinajstić information content (AvgIpc) is 2.60. The number of ether oxygens (including phenoxy) is 1. The van der Waals surface area contributed by atoms with E-state index in [1.165, 1.54) is 36.4 Å². The summed E-state index contributed by atoms with van der Waals surface area (Å²) in [5.74, 6) is -0.794. The number of nitro benzene ring substituents is 1. The number of amides is 1. The Morgan fingerprint density at radius 3 is 2.42 bits per heavy atom. The number of piperidine rings is 1. The van der Waals surface area contributed by atoms with Gasteiger partial charge < -0.3 is 9.64 Å². The number of carbonyl (C=O) groups excluding carboxylic acids is 2. The highest BCUT2D eigenvalue weighted by Gasteiger charge is 2.24. The molecule has 0 spiro atoms. The molecule has 0 aliphatic carbocycles. The Balaban J connectivity index is 1.87. The number of nitro groups is 1. The van der Waals surface area contributed by atoms with Gasteiger partial charge in [-0.25, -0.2) is 4.79 Å². The average molecular weight is 332 g/mol. The first-order chi connectivity index (χ1) is 11.5. The van der Waals surface area contributed by atoms with Gasteiger partial charge in [0.05, 0.1) is 4.92 Å². The molecule has 0 N–H and O–H groups in total. The number of hydrogen-bond acceptors (Lipinski definition) is 5. The van der Waals surface area contributed by atoms with Gasteiger partial charge in [-0.15, -0.1) is 0 Å². The normalized spacial score (nSPS) is 16.0. The smallest absolute Gasteiger partial charge is 0.331 e. The summed E-state index contributed by atoms with van der Waals surface area (Å²) in [6.45, 7) is 2.98. The van der Waals surface area contributed by atoms with Crippen molar-refractivity contribution in [1.82, 2.24) is 4.90 Å². The van der Waals surface area contributed by atoms with Crippen LogP contribution in [0.2, 0.25) is 0 Å². The predicted molar refractivity (Wildman–Crippen MR) is 88.1 cm³/mol. The van der Waals surface area contributed by atoms with Crippen LogP contribution in [-0.2, 0) is 14.3 Å². The summed E-state index contributed by atoms with van der Waals surface area (Å²) in [4.78, 5) is 35.8. The fraction of sp³-hybridized carbons (Fsp3) is 0.412. The molecule has 1 aliphatic rings. The van der Waals surface area contributed by atoms with Gasteiger partial charge in [0, 0.05) is 31.3 Å². The van der Waals surface area contributed by atoms with Crippen LogP contribution in [0.4, 0.5) is 5.69 Å². The first-order valence-corrected chi connectivity index (χ1v) is 7.89. The van der Waals surface area contributed by atoms with Crippen LogP contribution < -0.4 is 0 Å². The van der Waals surface area contributed by atoms with Crippen LogP contribution in [-0.4, -0.2) is 40.9 Å². The molecule has 128 valence electrons. The summed E-state index contributed by atoms with van der Waals surface area (Å²) in [6, 6.07) is 5.77. The maximum Gasteiger partial charge on any atom is 0.331 e. The quantitative estimate of drug-likeness (QED) is 0.358. The van der Waals surface area contributed by atoms with Crippen molar-refractivity contribution >= 4 is 23.6 Å². The van der Waals surface area contributed by atoms with Crippen molar-refractivity contribution in [2.24, 2.45) is 0 Å². The highest BCUT2D eigenvalue weighted by atomic mass is 16.6. The molecule has 1 heterocycles. The second-order valence-corrected chi connectivity index (χ2v) is 5.65. The van der Waals surface area contributed by atoms with Crippen LogP contribution in [0.25, 0.3) is 6.08 Å². The molecule has 0 saturated carbocycles. The van der Waals surface area contributed by atoms with Gasteiger partial charge in [-0.05, 0) is 50.0 Å². The van der Waals surface area contributed by atoms with E-state index in [9.17, 15) is 19.7 Å². The van der Waals surface area contributed by atoms with Crippen molar-refractivity contribution in [2.75, 3.05) is 13.1 Å². The van der Waals surface area contributed by atoms with Crippen LogP contribution in [0.1, 0.15) is 31.7 Å². The Morgan fingerprint density at radius 1 is 1.21 bits per heavy atom. The molecule has 0 aromatic heterocycles. The first kappa shape index (κ1) is 17.7. The maximum atomic E-state index is 12.2. The van der Waals surface area contributed by atoms with Gasteiger partial charge in [0.2, 0.25) is 0 Å². The minimum absolute atomic E-state index is 0.0181. The molecule has 0 unspecified atom stereocenters. The van der Waals surface area contributed by atoms with Crippen LogP contribution >= 0.6 is 0 Å². The molecule has 7 heteroatoms. The number of nitrogens with zero attached hydrogens (tertiary/aromatic N) is 2. The van der Waals surface area contributed by atoms with E-state index in [1.54, 1.807) is 11.8 Å². The Morgan fingerprint density at radius 2 is 1.83 bits per heavy atom. The maximum absolute atomic E-state index is 12.2. The molecule has 24 heavy (non-hydrogen) atoms. The molecular weight excluding hydrogens is 312 g/mol. The van der Waals surface area contributed by atoms with Gasteiger partial charge in [-0.1, -0.05) is 0 Å². The van der Waals surface area contributed by atoms with Crippen molar-refractivity contribution in [3.8, 4) is 0 Å². The third kappa shape index (κ3) is 4.91. The largest absolute Gasteiger partial charge is 0.449 e. The molecule has 7 nitrogen and oxygen atoms in total. The summed E-state index contributed by atoms with van der Waals surface area (Å²) in [7, 11) is 0. The highest BCUT2D eigenvalue weighted by Crippen LogP contribution is 2.14. The number of likely N-dealkylation sites (tertiary alicyclic amines) is 1. The lowest BCUT2D eigenvalue weighted by molar-refractivity contribution is -0.384. The van der Waals surface area contributed by atoms with Crippen molar-refractivity contribution < 1.29 is 19.2 Å². The molecule has 0 bridgehead atoms. The number of benzene rings is 1. The van der Waals surface area contributed by atoms with E-state index in [0.717, 1.165) is 19.3 Å². The molecule has 1 saturated heterocycles. The third-order valence-corrected chi connectivity index (χ3v) is 3.82. The van der Waals surface area contributed by atoms with Gasteiger partial charge in [0.25, 0.3) is 11.6 Å². The van der Waals surface area contributed by atoms with E-state index in [4.69, 9.17) is 4.74 Å². The molecule has 1 atom stereocenters. The molecular formula is C17H20N2O5. The Labute approximate surface area is 140 Å². The topological polar surface area (TPSA) is 89.7 Å². The van der Waals surface area contributed by atoms with Crippen molar-refractivity contribution in [3.63, 3.8) is 0 Å². The van der Waals surface area contributed by atoms with Gasteiger partial charge in [0.1, 0.15) is 0 Å². The van der Waals surface area contributed by atoms with E-state index in [0.29, 0.717) is 18.7 Å². The Kier molecular flexibility index (Phi) is 6.06. The molecule has 1 amide bonds. The molecule has 1 aromatic carbocycles. The Hall–Kier alpha value is -2.70. The second kappa shape index (κ2) is 8.24. The summed E-state index contributed by atoms with van der Waals surface area (Å²) in [6.07, 6.45) is 4.96. The molecule has 2 rings (SSSR count). The zero-order valence-electron chi connectivity index (χ0n) is 13.5. The van der Waals surface area contributed by atoms with Crippen molar-refractivity contribution in [1.29, 1.82) is 0 Å². The van der Waals surface area contributed by atoms with Crippen LogP contribution in [0, 0.1) is 10.1 Å². The Bertz CT molecular complexity index is 633. The number of hydrogen-bond donors (Lipinski definition) is 0. The van der Waals surface area contributed by atoms with Gasteiger partial charge >= 0.3 is 5.97 Å². The monoisotopic (exact) mass is 332 g/mol. The number of rotatable bonds is 5. The summed E-state index contributed by atoms with van der Waals surface area (Å²) in [5, 5.41) is 10.6. The predicted octanol–water partition coefficient (Wildman–Crippen LogP) is 2.55. The SMILES string of the molecule is C[C@H](OC(=O)/C=C/c1ccc([N+](=O)[O-])cc1)C(=O)N1CCCCC1. The van der Waals surface area contributed by atoms with Crippen molar-refractivity contribution in [3.05, 3.63) is 46.0 Å². The lowest BCUT2D eigenvalue weighted by atomic mass is 10.1. The molecule has 1 fully saturated rings. The first-order valence-electron chi connectivity index (χ1n) is 7.89. The van der Waals surface area contributed by atoms with Gasteiger partial charge in [-0.3, -0.25) is 14.9 Å².